The molecule has 1 fully saturated rings. The molecule has 1 saturated heterocycles. The lowest BCUT2D eigenvalue weighted by Gasteiger charge is -2.16. The van der Waals surface area contributed by atoms with E-state index < -0.39 is 31.9 Å². The molecule has 0 radical (unpaired) electrons. The summed E-state index contributed by atoms with van der Waals surface area (Å²) in [4.78, 5) is 32.5. The number of anilines is 1. The second-order valence-electron chi connectivity index (χ2n) is 4.36. The third-order valence-corrected chi connectivity index (χ3v) is 3.34. The Balaban J connectivity index is 2.06. The van der Waals surface area contributed by atoms with Crippen molar-refractivity contribution in [2.45, 2.75) is 24.8 Å². The third-order valence-electron chi connectivity index (χ3n) is 2.85. The minimum atomic E-state index is -4.59. The Kier molecular flexibility index (Phi) is 4.23. The molecule has 1 aliphatic heterocycles. The normalized spacial score (nSPS) is 26.9. The molecule has 10 nitrogen and oxygen atoms in total. The molecule has 2 heterocycles. The summed E-state index contributed by atoms with van der Waals surface area (Å²) in [5.74, 6) is 0.0925. The lowest BCUT2D eigenvalue weighted by molar-refractivity contribution is -0.0266. The van der Waals surface area contributed by atoms with Crippen LogP contribution in [0.2, 0.25) is 0 Å². The number of ether oxygens (including phenoxy) is 1. The Hall–Kier alpha value is -1.29. The van der Waals surface area contributed by atoms with Crippen molar-refractivity contribution in [2.24, 2.45) is 5.73 Å². The summed E-state index contributed by atoms with van der Waals surface area (Å²) in [5.41, 5.74) is 10.6. The maximum absolute atomic E-state index is 11.7. The van der Waals surface area contributed by atoms with Gasteiger partial charge in [0.15, 0.2) is 0 Å². The van der Waals surface area contributed by atoms with Crippen molar-refractivity contribution in [3.63, 3.8) is 0 Å². The molecule has 3 atom stereocenters. The van der Waals surface area contributed by atoms with Gasteiger partial charge >= 0.3 is 13.5 Å². The zero-order valence-corrected chi connectivity index (χ0v) is 11.2. The number of nitrogen functional groups attached to an aromatic ring is 1. The average molecular weight is 306 g/mol. The molecule has 1 aliphatic rings. The van der Waals surface area contributed by atoms with Gasteiger partial charge in [0.1, 0.15) is 12.0 Å². The number of phosphoric ester groups is 1. The lowest BCUT2D eigenvalue weighted by Crippen LogP contribution is -2.33. The minimum absolute atomic E-state index is 0.0925. The first-order valence-corrected chi connectivity index (χ1v) is 7.25. The summed E-state index contributed by atoms with van der Waals surface area (Å²) in [6.45, 7) is -0.362. The van der Waals surface area contributed by atoms with Gasteiger partial charge in [-0.3, -0.25) is 9.09 Å². The second kappa shape index (κ2) is 5.60. The van der Waals surface area contributed by atoms with Crippen LogP contribution in [-0.4, -0.2) is 38.1 Å². The highest BCUT2D eigenvalue weighted by atomic mass is 31.2. The molecular formula is C9H15N4O6P. The van der Waals surface area contributed by atoms with Crippen molar-refractivity contribution in [3.05, 3.63) is 22.7 Å². The van der Waals surface area contributed by atoms with Crippen molar-refractivity contribution in [3.8, 4) is 0 Å². The Morgan fingerprint density at radius 3 is 2.90 bits per heavy atom. The minimum Gasteiger partial charge on any atom is -0.383 e. The van der Waals surface area contributed by atoms with E-state index in [4.69, 9.17) is 26.0 Å². The Morgan fingerprint density at radius 1 is 1.60 bits per heavy atom. The smallest absolute Gasteiger partial charge is 0.383 e. The highest BCUT2D eigenvalue weighted by Crippen LogP contribution is 2.37. The predicted octanol–water partition coefficient (Wildman–Crippen LogP) is -1.45. The largest absolute Gasteiger partial charge is 0.469 e. The van der Waals surface area contributed by atoms with Crippen LogP contribution in [0.3, 0.4) is 0 Å². The van der Waals surface area contributed by atoms with E-state index in [0.717, 1.165) is 0 Å². The quantitative estimate of drug-likeness (QED) is 0.487. The highest BCUT2D eigenvalue weighted by molar-refractivity contribution is 7.46. The van der Waals surface area contributed by atoms with Gasteiger partial charge in [-0.05, 0) is 6.07 Å². The molecule has 6 N–H and O–H groups in total. The van der Waals surface area contributed by atoms with Crippen molar-refractivity contribution in [1.82, 2.24) is 9.55 Å². The fraction of sp³-hybridized carbons (Fsp3) is 0.556. The van der Waals surface area contributed by atoms with Crippen molar-refractivity contribution in [1.29, 1.82) is 0 Å². The van der Waals surface area contributed by atoms with E-state index in [1.165, 1.54) is 16.8 Å². The summed E-state index contributed by atoms with van der Waals surface area (Å²) in [7, 11) is -4.59. The Morgan fingerprint density at radius 2 is 2.30 bits per heavy atom. The number of hydrogen-bond acceptors (Lipinski definition) is 7. The van der Waals surface area contributed by atoms with Gasteiger partial charge in [-0.25, -0.2) is 9.36 Å². The first-order chi connectivity index (χ1) is 9.26. The molecule has 0 saturated carbocycles. The zero-order chi connectivity index (χ0) is 14.9. The van der Waals surface area contributed by atoms with E-state index >= 15 is 0 Å². The van der Waals surface area contributed by atoms with Crippen LogP contribution in [0.4, 0.5) is 5.82 Å². The van der Waals surface area contributed by atoms with Crippen molar-refractivity contribution >= 4 is 13.6 Å². The maximum atomic E-state index is 11.7. The number of nitrogens with two attached hydrogens (primary N) is 2. The van der Waals surface area contributed by atoms with Gasteiger partial charge in [0, 0.05) is 18.7 Å². The molecule has 20 heavy (non-hydrogen) atoms. The standard InChI is InChI=1S/C9H15N4O6P/c10-5-3-8(13-2-1-7(11)12-9(13)14)19-6(5)4-18-20(15,16)17/h1-2,5-6,8H,3-4,10H2,(H2,11,12,14)(H2,15,16,17)/t5-,6+,8+/m0/s1. The van der Waals surface area contributed by atoms with Crippen LogP contribution < -0.4 is 17.2 Å². The molecular weight excluding hydrogens is 291 g/mol. The maximum Gasteiger partial charge on any atom is 0.469 e. The number of phosphoric acid groups is 1. The van der Waals surface area contributed by atoms with Gasteiger partial charge in [0.2, 0.25) is 0 Å². The summed E-state index contributed by atoms with van der Waals surface area (Å²) < 4.78 is 21.7. The number of rotatable bonds is 4. The fourth-order valence-corrected chi connectivity index (χ4v) is 2.24. The summed E-state index contributed by atoms with van der Waals surface area (Å²) in [6.07, 6.45) is 0.322. The molecule has 0 aliphatic carbocycles. The predicted molar refractivity (Wildman–Crippen MR) is 67.4 cm³/mol. The first-order valence-electron chi connectivity index (χ1n) is 5.72. The van der Waals surface area contributed by atoms with Gasteiger partial charge in [-0.1, -0.05) is 0 Å². The van der Waals surface area contributed by atoms with Crippen LogP contribution in [0, 0.1) is 0 Å². The average Bonchev–Trinajstić information content (AvgIpc) is 2.67. The van der Waals surface area contributed by atoms with Crippen LogP contribution in [0.25, 0.3) is 0 Å². The van der Waals surface area contributed by atoms with E-state index in [1.54, 1.807) is 0 Å². The third kappa shape index (κ3) is 3.63. The number of hydrogen-bond donors (Lipinski definition) is 4. The molecule has 0 aromatic carbocycles. The SMILES string of the molecule is Nc1ccn([C@H]2C[C@H](N)[C@@H](COP(=O)(O)O)O2)c(=O)n1. The topological polar surface area (TPSA) is 163 Å². The van der Waals surface area contributed by atoms with Crippen molar-refractivity contribution < 1.29 is 23.6 Å². The fourth-order valence-electron chi connectivity index (χ4n) is 1.90. The van der Waals surface area contributed by atoms with Gasteiger partial charge in [0.05, 0.1) is 12.7 Å². The molecule has 0 bridgehead atoms. The first kappa shape index (κ1) is 15.1. The number of nitrogens with zero attached hydrogens (tertiary/aromatic N) is 2. The van der Waals surface area contributed by atoms with E-state index in [2.05, 4.69) is 9.51 Å². The van der Waals surface area contributed by atoms with E-state index in [9.17, 15) is 9.36 Å². The Bertz CT molecular complexity index is 586. The Labute approximate surface area is 113 Å². The molecule has 1 aromatic heterocycles. The summed E-state index contributed by atoms with van der Waals surface area (Å²) in [5, 5.41) is 0. The summed E-state index contributed by atoms with van der Waals surface area (Å²) >= 11 is 0. The van der Waals surface area contributed by atoms with Crippen LogP contribution >= 0.6 is 7.82 Å². The van der Waals surface area contributed by atoms with E-state index in [-0.39, 0.29) is 12.4 Å². The molecule has 11 heteroatoms. The molecule has 112 valence electrons. The molecule has 0 amide bonds. The van der Waals surface area contributed by atoms with Crippen LogP contribution in [0.5, 0.6) is 0 Å². The zero-order valence-electron chi connectivity index (χ0n) is 10.3. The number of aromatic nitrogens is 2. The van der Waals surface area contributed by atoms with E-state index in [1.807, 2.05) is 0 Å². The van der Waals surface area contributed by atoms with Gasteiger partial charge in [-0.2, -0.15) is 4.98 Å². The van der Waals surface area contributed by atoms with Crippen LogP contribution in [0.1, 0.15) is 12.6 Å². The molecule has 2 rings (SSSR count). The van der Waals surface area contributed by atoms with Crippen LogP contribution in [0.15, 0.2) is 17.1 Å². The molecule has 1 aromatic rings. The molecule has 0 unspecified atom stereocenters. The lowest BCUT2D eigenvalue weighted by atomic mass is 10.1. The van der Waals surface area contributed by atoms with Crippen LogP contribution in [-0.2, 0) is 13.8 Å². The van der Waals surface area contributed by atoms with E-state index in [0.29, 0.717) is 6.42 Å². The van der Waals surface area contributed by atoms with Gasteiger partial charge < -0.3 is 26.0 Å². The highest BCUT2D eigenvalue weighted by Gasteiger charge is 2.35. The molecule has 0 spiro atoms. The second-order valence-corrected chi connectivity index (χ2v) is 5.60. The van der Waals surface area contributed by atoms with Gasteiger partial charge in [0.25, 0.3) is 0 Å². The monoisotopic (exact) mass is 306 g/mol. The van der Waals surface area contributed by atoms with Crippen molar-refractivity contribution in [2.75, 3.05) is 12.3 Å². The van der Waals surface area contributed by atoms with Gasteiger partial charge in [-0.15, -0.1) is 0 Å². The summed E-state index contributed by atoms with van der Waals surface area (Å²) in [6, 6.07) is 0.923.